The molecule has 0 saturated heterocycles. The molecule has 1 N–H and O–H groups in total. The van der Waals surface area contributed by atoms with Crippen LogP contribution in [0.5, 0.6) is 5.75 Å². The van der Waals surface area contributed by atoms with Gasteiger partial charge in [-0.2, -0.15) is 0 Å². The van der Waals surface area contributed by atoms with Gasteiger partial charge < -0.3 is 9.84 Å². The van der Waals surface area contributed by atoms with E-state index in [0.717, 1.165) is 42.6 Å². The molecule has 0 aromatic heterocycles. The third kappa shape index (κ3) is 9.38. The highest BCUT2D eigenvalue weighted by Gasteiger charge is 2.09. The third-order valence-corrected chi connectivity index (χ3v) is 5.34. The van der Waals surface area contributed by atoms with E-state index in [4.69, 9.17) is 4.74 Å². The first-order chi connectivity index (χ1) is 15.3. The molecule has 2 aromatic carbocycles. The number of allylic oxidation sites excluding steroid dienone is 6. The van der Waals surface area contributed by atoms with E-state index in [2.05, 4.69) is 45.9 Å². The van der Waals surface area contributed by atoms with Crippen LogP contribution in [0.3, 0.4) is 0 Å². The Hall–Kier alpha value is -3.07. The van der Waals surface area contributed by atoms with Gasteiger partial charge in [-0.3, -0.25) is 0 Å². The molecule has 32 heavy (non-hydrogen) atoms. The van der Waals surface area contributed by atoms with Crippen LogP contribution in [0.4, 0.5) is 0 Å². The van der Waals surface area contributed by atoms with Crippen LogP contribution in [0.1, 0.15) is 74.9 Å². The molecule has 0 atom stereocenters. The number of hydrogen-bond acceptors (Lipinski definition) is 2. The Kier molecular flexibility index (Phi) is 10.5. The highest BCUT2D eigenvalue weighted by atomic mass is 16.5. The van der Waals surface area contributed by atoms with Crippen molar-refractivity contribution in [3.8, 4) is 5.75 Å². The second-order valence-corrected chi connectivity index (χ2v) is 8.57. The van der Waals surface area contributed by atoms with Gasteiger partial charge in [0.05, 0.1) is 5.56 Å². The zero-order chi connectivity index (χ0) is 23.3. The van der Waals surface area contributed by atoms with Gasteiger partial charge in [-0.15, -0.1) is 0 Å². The Morgan fingerprint density at radius 3 is 2.19 bits per heavy atom. The van der Waals surface area contributed by atoms with E-state index in [-0.39, 0.29) is 5.56 Å². The summed E-state index contributed by atoms with van der Waals surface area (Å²) in [5, 5.41) is 9.38. The first kappa shape index (κ1) is 25.2. The molecule has 0 aliphatic heterocycles. The van der Waals surface area contributed by atoms with Crippen molar-refractivity contribution < 1.29 is 14.6 Å². The van der Waals surface area contributed by atoms with Gasteiger partial charge in [-0.05, 0) is 89.1 Å². The summed E-state index contributed by atoms with van der Waals surface area (Å²) in [5.74, 6) is -0.187. The summed E-state index contributed by atoms with van der Waals surface area (Å²) >= 11 is 0. The van der Waals surface area contributed by atoms with E-state index in [1.807, 2.05) is 30.3 Å². The molecule has 2 aromatic rings. The summed E-state index contributed by atoms with van der Waals surface area (Å²) in [4.78, 5) is 11.4. The van der Waals surface area contributed by atoms with Gasteiger partial charge in [-0.1, -0.05) is 65.3 Å². The topological polar surface area (TPSA) is 46.5 Å². The molecule has 0 amide bonds. The van der Waals surface area contributed by atoms with E-state index in [9.17, 15) is 9.90 Å². The van der Waals surface area contributed by atoms with Crippen molar-refractivity contribution in [2.45, 2.75) is 66.4 Å². The lowest BCUT2D eigenvalue weighted by atomic mass is 10.0. The Labute approximate surface area is 193 Å². The molecule has 170 valence electrons. The van der Waals surface area contributed by atoms with E-state index in [1.165, 1.54) is 16.7 Å². The number of benzene rings is 2. The van der Waals surface area contributed by atoms with Crippen LogP contribution in [0.2, 0.25) is 0 Å². The fourth-order valence-electron chi connectivity index (χ4n) is 3.37. The Bertz CT molecular complexity index is 961. The minimum Gasteiger partial charge on any atom is -0.489 e. The first-order valence-electron chi connectivity index (χ1n) is 11.3. The molecule has 0 saturated carbocycles. The Balaban J connectivity index is 1.99. The fourth-order valence-corrected chi connectivity index (χ4v) is 3.37. The Morgan fingerprint density at radius 1 is 0.875 bits per heavy atom. The smallest absolute Gasteiger partial charge is 0.335 e. The second kappa shape index (κ2) is 13.4. The summed E-state index contributed by atoms with van der Waals surface area (Å²) in [6, 6.07) is 15.1. The molecule has 0 aliphatic rings. The summed E-state index contributed by atoms with van der Waals surface area (Å²) in [5.41, 5.74) is 6.37. The number of hydrogen-bond donors (Lipinski definition) is 1. The zero-order valence-electron chi connectivity index (χ0n) is 19.9. The van der Waals surface area contributed by atoms with Gasteiger partial charge in [0.25, 0.3) is 0 Å². The molecule has 0 spiro atoms. The molecule has 0 aliphatic carbocycles. The van der Waals surface area contributed by atoms with Crippen LogP contribution in [0, 0.1) is 0 Å². The minimum atomic E-state index is -0.921. The van der Waals surface area contributed by atoms with Crippen molar-refractivity contribution in [2.75, 3.05) is 0 Å². The summed E-state index contributed by atoms with van der Waals surface area (Å²) < 4.78 is 6.02. The van der Waals surface area contributed by atoms with Crippen LogP contribution in [-0.2, 0) is 13.0 Å². The van der Waals surface area contributed by atoms with Crippen LogP contribution >= 0.6 is 0 Å². The average molecular weight is 433 g/mol. The van der Waals surface area contributed by atoms with Crippen molar-refractivity contribution in [3.05, 3.63) is 100 Å². The van der Waals surface area contributed by atoms with E-state index >= 15 is 0 Å². The zero-order valence-corrected chi connectivity index (χ0v) is 19.9. The van der Waals surface area contributed by atoms with E-state index in [1.54, 1.807) is 18.2 Å². The maximum absolute atomic E-state index is 11.4. The van der Waals surface area contributed by atoms with Gasteiger partial charge in [-0.25, -0.2) is 4.79 Å². The summed E-state index contributed by atoms with van der Waals surface area (Å²) in [7, 11) is 0. The molecule has 0 fully saturated rings. The third-order valence-electron chi connectivity index (χ3n) is 5.34. The van der Waals surface area contributed by atoms with Gasteiger partial charge in [0.2, 0.25) is 0 Å². The quantitative estimate of drug-likeness (QED) is 0.346. The number of rotatable bonds is 12. The van der Waals surface area contributed by atoms with Gasteiger partial charge in [0.15, 0.2) is 0 Å². The van der Waals surface area contributed by atoms with Gasteiger partial charge in [0.1, 0.15) is 12.4 Å². The minimum absolute atomic E-state index is 0.285. The second-order valence-electron chi connectivity index (χ2n) is 8.57. The molecular formula is C29H36O3. The molecule has 0 bridgehead atoms. The van der Waals surface area contributed by atoms with E-state index < -0.39 is 5.97 Å². The first-order valence-corrected chi connectivity index (χ1v) is 11.3. The fraction of sp³-hybridized carbons (Fsp3) is 0.345. The largest absolute Gasteiger partial charge is 0.489 e. The number of carboxylic acid groups (broad SMARTS) is 1. The molecular weight excluding hydrogens is 396 g/mol. The molecule has 2 rings (SSSR count). The summed E-state index contributed by atoms with van der Waals surface area (Å²) in [6.07, 6.45) is 11.7. The van der Waals surface area contributed by atoms with Crippen LogP contribution in [0.15, 0.2) is 83.5 Å². The van der Waals surface area contributed by atoms with Gasteiger partial charge >= 0.3 is 5.97 Å². The van der Waals surface area contributed by atoms with Crippen molar-refractivity contribution >= 4 is 5.97 Å². The van der Waals surface area contributed by atoms with Gasteiger partial charge in [0, 0.05) is 0 Å². The molecule has 3 nitrogen and oxygen atoms in total. The molecule has 0 heterocycles. The maximum Gasteiger partial charge on any atom is 0.335 e. The Morgan fingerprint density at radius 2 is 1.53 bits per heavy atom. The number of aromatic carboxylic acids is 1. The number of ether oxygens (including phenoxy) is 1. The SMILES string of the molecule is CC(C)=CCCC(C)=CCCC(C)=CCc1cc(C(=O)O)ccc1OCc1ccccc1. The summed E-state index contributed by atoms with van der Waals surface area (Å²) in [6.45, 7) is 9.07. The lowest BCUT2D eigenvalue weighted by Gasteiger charge is -2.12. The lowest BCUT2D eigenvalue weighted by molar-refractivity contribution is 0.0696. The highest BCUT2D eigenvalue weighted by Crippen LogP contribution is 2.24. The van der Waals surface area contributed by atoms with Crippen LogP contribution in [-0.4, -0.2) is 11.1 Å². The molecule has 3 heteroatoms. The highest BCUT2D eigenvalue weighted by molar-refractivity contribution is 5.88. The van der Waals surface area contributed by atoms with Crippen LogP contribution < -0.4 is 4.74 Å². The van der Waals surface area contributed by atoms with Crippen molar-refractivity contribution in [1.29, 1.82) is 0 Å². The van der Waals surface area contributed by atoms with E-state index in [0.29, 0.717) is 13.0 Å². The monoisotopic (exact) mass is 432 g/mol. The van der Waals surface area contributed by atoms with Crippen LogP contribution in [0.25, 0.3) is 0 Å². The predicted octanol–water partition coefficient (Wildman–Crippen LogP) is 7.93. The normalized spacial score (nSPS) is 11.9. The van der Waals surface area contributed by atoms with Crippen molar-refractivity contribution in [1.82, 2.24) is 0 Å². The number of carbonyl (C=O) groups is 1. The maximum atomic E-state index is 11.4. The average Bonchev–Trinajstić information content (AvgIpc) is 2.77. The standard InChI is InChI=1S/C29H36O3/c1-22(2)10-8-11-23(3)12-9-13-24(4)16-17-26-20-27(29(30)31)18-19-28(26)32-21-25-14-6-5-7-15-25/h5-7,10,12,14-16,18-20H,8-9,11,13,17,21H2,1-4H3,(H,30,31). The molecule has 0 unspecified atom stereocenters. The van der Waals surface area contributed by atoms with Crippen molar-refractivity contribution in [2.24, 2.45) is 0 Å². The molecule has 0 radical (unpaired) electrons. The predicted molar refractivity (Wildman–Crippen MR) is 133 cm³/mol. The lowest BCUT2D eigenvalue weighted by Crippen LogP contribution is -2.02. The number of carboxylic acids is 1. The van der Waals surface area contributed by atoms with Crippen molar-refractivity contribution in [3.63, 3.8) is 0 Å².